The van der Waals surface area contributed by atoms with Gasteiger partial charge in [0.2, 0.25) is 0 Å². The number of amides is 1. The summed E-state index contributed by atoms with van der Waals surface area (Å²) >= 11 is 1.68. The molecule has 0 aromatic heterocycles. The van der Waals surface area contributed by atoms with E-state index in [0.29, 0.717) is 12.2 Å². The minimum Gasteiger partial charge on any atom is -0.452 e. The Balaban J connectivity index is 1.38. The van der Waals surface area contributed by atoms with Gasteiger partial charge in [-0.25, -0.2) is 13.2 Å². The first kappa shape index (κ1) is 21.9. The Morgan fingerprint density at radius 1 is 0.938 bits per heavy atom. The molecule has 0 atom stereocenters. The van der Waals surface area contributed by atoms with Crippen LogP contribution in [0.15, 0.2) is 88.7 Å². The van der Waals surface area contributed by atoms with Gasteiger partial charge in [-0.15, -0.1) is 11.8 Å². The Bertz CT molecular complexity index is 1230. The highest BCUT2D eigenvalue weighted by Gasteiger charge is 2.24. The number of anilines is 2. The molecule has 1 aliphatic heterocycles. The van der Waals surface area contributed by atoms with E-state index in [1.54, 1.807) is 47.0 Å². The summed E-state index contributed by atoms with van der Waals surface area (Å²) in [5.74, 6) is -0.237. The second-order valence-corrected chi connectivity index (χ2v) is 9.75. The van der Waals surface area contributed by atoms with Crippen LogP contribution in [0.4, 0.5) is 11.4 Å². The second kappa shape index (κ2) is 9.46. The zero-order valence-corrected chi connectivity index (χ0v) is 18.6. The SMILES string of the molecule is O=C(OCC(=O)N1CCSc2ccccc21)c1ccc(S(=O)(=O)Nc2ccccc2)cc1. The first-order chi connectivity index (χ1) is 15.4. The Morgan fingerprint density at radius 2 is 1.62 bits per heavy atom. The normalized spacial score (nSPS) is 13.2. The molecular weight excluding hydrogens is 448 g/mol. The van der Waals surface area contributed by atoms with E-state index in [0.717, 1.165) is 16.3 Å². The maximum absolute atomic E-state index is 12.6. The average molecular weight is 469 g/mol. The fourth-order valence-corrected chi connectivity index (χ4v) is 5.26. The van der Waals surface area contributed by atoms with E-state index in [4.69, 9.17) is 4.74 Å². The molecule has 1 N–H and O–H groups in total. The van der Waals surface area contributed by atoms with Crippen molar-refractivity contribution in [2.45, 2.75) is 9.79 Å². The van der Waals surface area contributed by atoms with E-state index in [1.807, 2.05) is 24.3 Å². The zero-order valence-electron chi connectivity index (χ0n) is 16.9. The van der Waals surface area contributed by atoms with Crippen LogP contribution < -0.4 is 9.62 Å². The first-order valence-corrected chi connectivity index (χ1v) is 12.3. The van der Waals surface area contributed by atoms with Crippen LogP contribution in [0.2, 0.25) is 0 Å². The molecule has 3 aromatic carbocycles. The zero-order chi connectivity index (χ0) is 22.6. The monoisotopic (exact) mass is 468 g/mol. The number of esters is 1. The lowest BCUT2D eigenvalue weighted by atomic mass is 10.2. The molecule has 0 saturated heterocycles. The van der Waals surface area contributed by atoms with E-state index >= 15 is 0 Å². The predicted molar refractivity (Wildman–Crippen MR) is 123 cm³/mol. The molecule has 1 aliphatic rings. The number of rotatable bonds is 6. The maximum atomic E-state index is 12.6. The molecule has 4 rings (SSSR count). The van der Waals surface area contributed by atoms with Crippen LogP contribution >= 0.6 is 11.8 Å². The summed E-state index contributed by atoms with van der Waals surface area (Å²) in [5.41, 5.74) is 1.41. The molecule has 0 radical (unpaired) electrons. The lowest BCUT2D eigenvalue weighted by Crippen LogP contribution is -2.38. The number of ether oxygens (including phenoxy) is 1. The quantitative estimate of drug-likeness (QED) is 0.554. The van der Waals surface area contributed by atoms with Crippen molar-refractivity contribution in [3.05, 3.63) is 84.4 Å². The molecule has 0 fully saturated rings. The van der Waals surface area contributed by atoms with Crippen molar-refractivity contribution in [1.29, 1.82) is 0 Å². The molecule has 0 aliphatic carbocycles. The van der Waals surface area contributed by atoms with Crippen molar-refractivity contribution < 1.29 is 22.7 Å². The standard InChI is InChI=1S/C23H20N2O5S2/c26-22(25-14-15-31-21-9-5-4-8-20(21)25)16-30-23(27)17-10-12-19(13-11-17)32(28,29)24-18-6-2-1-3-7-18/h1-13,24H,14-16H2. The van der Waals surface area contributed by atoms with Gasteiger partial charge in [-0.3, -0.25) is 9.52 Å². The molecule has 7 nitrogen and oxygen atoms in total. The number of benzene rings is 3. The van der Waals surface area contributed by atoms with E-state index in [9.17, 15) is 18.0 Å². The van der Waals surface area contributed by atoms with E-state index in [-0.39, 0.29) is 16.4 Å². The number of sulfonamides is 1. The number of nitrogens with one attached hydrogen (secondary N) is 1. The highest BCUT2D eigenvalue weighted by atomic mass is 32.2. The molecule has 9 heteroatoms. The third-order valence-corrected chi connectivity index (χ3v) is 7.22. The van der Waals surface area contributed by atoms with Crippen LogP contribution in [0.1, 0.15) is 10.4 Å². The summed E-state index contributed by atoms with van der Waals surface area (Å²) < 4.78 is 32.6. The van der Waals surface area contributed by atoms with Crippen molar-refractivity contribution in [3.63, 3.8) is 0 Å². The molecule has 1 amide bonds. The van der Waals surface area contributed by atoms with Gasteiger partial charge in [0.15, 0.2) is 6.61 Å². The van der Waals surface area contributed by atoms with Gasteiger partial charge in [-0.1, -0.05) is 30.3 Å². The third kappa shape index (κ3) is 4.95. The molecule has 0 unspecified atom stereocenters. The number of thioether (sulfide) groups is 1. The van der Waals surface area contributed by atoms with Gasteiger partial charge in [0.1, 0.15) is 0 Å². The van der Waals surface area contributed by atoms with Gasteiger partial charge in [-0.2, -0.15) is 0 Å². The minimum absolute atomic E-state index is 0.0106. The average Bonchev–Trinajstić information content (AvgIpc) is 2.82. The summed E-state index contributed by atoms with van der Waals surface area (Å²) in [6.45, 7) is 0.145. The third-order valence-electron chi connectivity index (χ3n) is 4.78. The summed E-state index contributed by atoms with van der Waals surface area (Å²) in [6.07, 6.45) is 0. The number of carbonyl (C=O) groups excluding carboxylic acids is 2. The van der Waals surface area contributed by atoms with Crippen molar-refractivity contribution in [1.82, 2.24) is 0 Å². The van der Waals surface area contributed by atoms with E-state index < -0.39 is 22.6 Å². The molecule has 164 valence electrons. The largest absolute Gasteiger partial charge is 0.452 e. The molecular formula is C23H20N2O5S2. The molecule has 32 heavy (non-hydrogen) atoms. The molecule has 0 spiro atoms. The number of fused-ring (bicyclic) bond motifs is 1. The van der Waals surface area contributed by atoms with Crippen molar-refractivity contribution >= 4 is 45.0 Å². The van der Waals surface area contributed by atoms with Gasteiger partial charge in [-0.05, 0) is 48.5 Å². The highest BCUT2D eigenvalue weighted by molar-refractivity contribution is 7.99. The van der Waals surface area contributed by atoms with Gasteiger partial charge in [0, 0.05) is 22.9 Å². The lowest BCUT2D eigenvalue weighted by molar-refractivity contribution is -0.121. The van der Waals surface area contributed by atoms with Crippen molar-refractivity contribution in [2.24, 2.45) is 0 Å². The lowest BCUT2D eigenvalue weighted by Gasteiger charge is -2.28. The first-order valence-electron chi connectivity index (χ1n) is 9.81. The molecule has 0 saturated carbocycles. The number of nitrogens with zero attached hydrogens (tertiary/aromatic N) is 1. The topological polar surface area (TPSA) is 92.8 Å². The summed E-state index contributed by atoms with van der Waals surface area (Å²) in [7, 11) is -3.79. The van der Waals surface area contributed by atoms with Crippen LogP contribution in [-0.4, -0.2) is 39.2 Å². The fourth-order valence-electron chi connectivity index (χ4n) is 3.21. The second-order valence-electron chi connectivity index (χ2n) is 6.93. The Labute approximate surface area is 190 Å². The molecule has 0 bridgehead atoms. The Hall–Kier alpha value is -3.30. The van der Waals surface area contributed by atoms with Gasteiger partial charge in [0.25, 0.3) is 15.9 Å². The van der Waals surface area contributed by atoms with E-state index in [2.05, 4.69) is 4.72 Å². The summed E-state index contributed by atoms with van der Waals surface area (Å²) in [5, 5.41) is 0. The maximum Gasteiger partial charge on any atom is 0.338 e. The van der Waals surface area contributed by atoms with Crippen molar-refractivity contribution in [2.75, 3.05) is 28.5 Å². The molecule has 1 heterocycles. The van der Waals surface area contributed by atoms with Crippen LogP contribution in [0.3, 0.4) is 0 Å². The number of carbonyl (C=O) groups is 2. The predicted octanol–water partition coefficient (Wildman–Crippen LogP) is 3.78. The van der Waals surface area contributed by atoms with Crippen LogP contribution in [0.5, 0.6) is 0 Å². The minimum atomic E-state index is -3.79. The number of hydrogen-bond acceptors (Lipinski definition) is 6. The Morgan fingerprint density at radius 3 is 2.38 bits per heavy atom. The smallest absolute Gasteiger partial charge is 0.338 e. The van der Waals surface area contributed by atoms with E-state index in [1.165, 1.54) is 24.3 Å². The Kier molecular flexibility index (Phi) is 6.48. The highest BCUT2D eigenvalue weighted by Crippen LogP contribution is 2.34. The van der Waals surface area contributed by atoms with Crippen molar-refractivity contribution in [3.8, 4) is 0 Å². The number of para-hydroxylation sites is 2. The van der Waals surface area contributed by atoms with Gasteiger partial charge >= 0.3 is 5.97 Å². The summed E-state index contributed by atoms with van der Waals surface area (Å²) in [6, 6.07) is 21.5. The molecule has 3 aromatic rings. The van der Waals surface area contributed by atoms with Crippen LogP contribution in [0, 0.1) is 0 Å². The van der Waals surface area contributed by atoms with Crippen LogP contribution in [-0.2, 0) is 19.6 Å². The van der Waals surface area contributed by atoms with Gasteiger partial charge < -0.3 is 9.64 Å². The number of hydrogen-bond donors (Lipinski definition) is 1. The fraction of sp³-hybridized carbons (Fsp3) is 0.130. The van der Waals surface area contributed by atoms with Crippen LogP contribution in [0.25, 0.3) is 0 Å². The van der Waals surface area contributed by atoms with Gasteiger partial charge in [0.05, 0.1) is 16.1 Å². The summed E-state index contributed by atoms with van der Waals surface area (Å²) in [4.78, 5) is 27.6.